The van der Waals surface area contributed by atoms with Crippen LogP contribution in [0.15, 0.2) is 33.8 Å². The number of sulfonamides is 1. The van der Waals surface area contributed by atoms with Gasteiger partial charge in [0.2, 0.25) is 11.0 Å². The quantitative estimate of drug-likeness (QED) is 0.663. The minimum Gasteiger partial charge on any atom is -0.438 e. The van der Waals surface area contributed by atoms with Gasteiger partial charge in [-0.3, -0.25) is 9.59 Å². The highest BCUT2D eigenvalue weighted by Gasteiger charge is 2.29. The summed E-state index contributed by atoms with van der Waals surface area (Å²) in [4.78, 5) is 23.9. The molecule has 0 bridgehead atoms. The fourth-order valence-corrected chi connectivity index (χ4v) is 4.31. The van der Waals surface area contributed by atoms with E-state index in [-0.39, 0.29) is 10.9 Å². The molecule has 0 saturated carbocycles. The van der Waals surface area contributed by atoms with Crippen LogP contribution in [-0.4, -0.2) is 44.2 Å². The van der Waals surface area contributed by atoms with Gasteiger partial charge in [0.15, 0.2) is 23.2 Å². The lowest BCUT2D eigenvalue weighted by Crippen LogP contribution is -2.35. The average molecular weight is 445 g/mol. The highest BCUT2D eigenvalue weighted by atomic mass is 32.2. The number of anilines is 1. The van der Waals surface area contributed by atoms with Crippen molar-refractivity contribution >= 4 is 27.5 Å². The van der Waals surface area contributed by atoms with Gasteiger partial charge in [0.1, 0.15) is 0 Å². The second-order valence-corrected chi connectivity index (χ2v) is 8.41. The van der Waals surface area contributed by atoms with Crippen molar-refractivity contribution in [2.24, 2.45) is 0 Å². The van der Waals surface area contributed by atoms with Gasteiger partial charge >= 0.3 is 0 Å². The van der Waals surface area contributed by atoms with Crippen molar-refractivity contribution in [2.75, 3.05) is 25.0 Å². The lowest BCUT2D eigenvalue weighted by Gasteiger charge is -2.24. The van der Waals surface area contributed by atoms with Crippen molar-refractivity contribution in [3.63, 3.8) is 0 Å². The molecule has 1 aromatic heterocycles. The van der Waals surface area contributed by atoms with Gasteiger partial charge in [-0.2, -0.15) is 4.31 Å². The lowest BCUT2D eigenvalue weighted by atomic mass is 10.2. The summed E-state index contributed by atoms with van der Waals surface area (Å²) in [6, 6.07) is 3.77. The first kappa shape index (κ1) is 21.8. The van der Waals surface area contributed by atoms with Crippen LogP contribution in [0.3, 0.4) is 0 Å². The fraction of sp³-hybridized carbons (Fsp3) is 0.333. The van der Waals surface area contributed by atoms with Gasteiger partial charge in [0, 0.05) is 13.1 Å². The summed E-state index contributed by atoms with van der Waals surface area (Å²) in [7, 11) is -3.86. The van der Waals surface area contributed by atoms with Gasteiger partial charge in [0.05, 0.1) is 12.2 Å². The lowest BCUT2D eigenvalue weighted by molar-refractivity contribution is -0.115. The monoisotopic (exact) mass is 445 g/mol. The maximum Gasteiger partial charge on any atom is 0.287 e. The zero-order chi connectivity index (χ0) is 21.9. The Morgan fingerprint density at radius 2 is 1.70 bits per heavy atom. The molecule has 0 spiro atoms. The van der Waals surface area contributed by atoms with Gasteiger partial charge in [-0.25, -0.2) is 21.6 Å². The molecule has 1 saturated heterocycles. The summed E-state index contributed by atoms with van der Waals surface area (Å²) in [6.07, 6.45) is 2.41. The molecule has 2 heterocycles. The first-order chi connectivity index (χ1) is 14.2. The molecule has 0 atom stereocenters. The predicted octanol–water partition coefficient (Wildman–Crippen LogP) is 2.24. The number of carbonyl (C=O) groups is 2. The smallest absolute Gasteiger partial charge is 0.287 e. The molecule has 0 radical (unpaired) electrons. The normalized spacial score (nSPS) is 15.0. The van der Waals surface area contributed by atoms with Gasteiger partial charge in [-0.1, -0.05) is 6.42 Å². The van der Waals surface area contributed by atoms with E-state index in [1.54, 1.807) is 0 Å². The molecule has 2 N–H and O–H groups in total. The van der Waals surface area contributed by atoms with Crippen LogP contribution in [0.5, 0.6) is 0 Å². The Balaban J connectivity index is 1.59. The zero-order valence-corrected chi connectivity index (χ0v) is 16.4. The number of halogens is 3. The maximum atomic E-state index is 13.6. The summed E-state index contributed by atoms with van der Waals surface area (Å²) >= 11 is 0. The Bertz CT molecular complexity index is 1070. The van der Waals surface area contributed by atoms with E-state index < -0.39 is 51.5 Å². The van der Waals surface area contributed by atoms with E-state index in [0.717, 1.165) is 37.5 Å². The van der Waals surface area contributed by atoms with E-state index in [4.69, 9.17) is 4.42 Å². The molecule has 12 heteroatoms. The molecule has 30 heavy (non-hydrogen) atoms. The van der Waals surface area contributed by atoms with Crippen molar-refractivity contribution in [1.82, 2.24) is 9.62 Å². The highest BCUT2D eigenvalue weighted by molar-refractivity contribution is 7.89. The highest BCUT2D eigenvalue weighted by Crippen LogP contribution is 2.22. The van der Waals surface area contributed by atoms with Crippen molar-refractivity contribution in [2.45, 2.75) is 24.4 Å². The number of hydrogen-bond acceptors (Lipinski definition) is 5. The number of nitrogens with one attached hydrogen (secondary N) is 2. The van der Waals surface area contributed by atoms with E-state index in [1.807, 2.05) is 5.32 Å². The number of hydrogen-bond donors (Lipinski definition) is 2. The summed E-state index contributed by atoms with van der Waals surface area (Å²) in [5, 5.41) is 3.77. The molecule has 1 aliphatic heterocycles. The molecule has 3 rings (SSSR count). The molecule has 1 aliphatic rings. The molecule has 0 unspecified atom stereocenters. The summed E-state index contributed by atoms with van der Waals surface area (Å²) in [6.45, 7) is 0.0860. The maximum absolute atomic E-state index is 13.6. The van der Waals surface area contributed by atoms with E-state index in [1.165, 1.54) is 4.31 Å². The molecule has 1 fully saturated rings. The molecule has 1 aromatic carbocycles. The Labute approximate surface area is 170 Å². The SMILES string of the molecule is O=C(CNC(=O)c1ccc(S(=O)(=O)N2CCCCC2)o1)Nc1ccc(F)c(F)c1F. The standard InChI is InChI=1S/C18H18F3N3O5S/c19-11-4-5-12(17(21)16(11)20)23-14(25)10-22-18(26)13-6-7-15(29-13)30(27,28)24-8-2-1-3-9-24/h4-7H,1-3,8-10H2,(H,22,26)(H,23,25). The second-order valence-electron chi connectivity index (χ2n) is 6.54. The van der Waals surface area contributed by atoms with Gasteiger partial charge in [-0.05, 0) is 37.1 Å². The number of carbonyl (C=O) groups excluding carboxylic acids is 2. The summed E-state index contributed by atoms with van der Waals surface area (Å²) < 4.78 is 71.1. The van der Waals surface area contributed by atoms with Crippen LogP contribution in [-0.2, 0) is 14.8 Å². The summed E-state index contributed by atoms with van der Waals surface area (Å²) in [5.41, 5.74) is -0.596. The Kier molecular flexibility index (Phi) is 6.46. The summed E-state index contributed by atoms with van der Waals surface area (Å²) in [5.74, 6) is -6.86. The van der Waals surface area contributed by atoms with Gasteiger partial charge in [0.25, 0.3) is 15.9 Å². The van der Waals surface area contributed by atoms with Gasteiger partial charge < -0.3 is 15.1 Å². The molecular formula is C18H18F3N3O5S. The first-order valence-corrected chi connectivity index (χ1v) is 10.5. The van der Waals surface area contributed by atoms with Crippen molar-refractivity contribution in [3.8, 4) is 0 Å². The largest absolute Gasteiger partial charge is 0.438 e. The Morgan fingerprint density at radius 3 is 2.40 bits per heavy atom. The van der Waals surface area contributed by atoms with Crippen molar-refractivity contribution in [3.05, 3.63) is 47.5 Å². The van der Waals surface area contributed by atoms with E-state index in [0.29, 0.717) is 19.2 Å². The van der Waals surface area contributed by atoms with Crippen LogP contribution < -0.4 is 10.6 Å². The number of furan rings is 1. The number of rotatable bonds is 6. The Hall–Kier alpha value is -2.86. The van der Waals surface area contributed by atoms with E-state index in [9.17, 15) is 31.2 Å². The molecule has 2 aromatic rings. The molecule has 0 aliphatic carbocycles. The number of nitrogens with zero attached hydrogens (tertiary/aromatic N) is 1. The third kappa shape index (κ3) is 4.65. The van der Waals surface area contributed by atoms with E-state index >= 15 is 0 Å². The minimum atomic E-state index is -3.86. The minimum absolute atomic E-state index is 0.336. The predicted molar refractivity (Wildman–Crippen MR) is 98.6 cm³/mol. The van der Waals surface area contributed by atoms with Crippen LogP contribution in [0, 0.1) is 17.5 Å². The number of benzene rings is 1. The number of amides is 2. The first-order valence-electron chi connectivity index (χ1n) is 9.01. The van der Waals surface area contributed by atoms with Crippen LogP contribution in [0.25, 0.3) is 0 Å². The Morgan fingerprint density at radius 1 is 1.00 bits per heavy atom. The van der Waals surface area contributed by atoms with Crippen LogP contribution >= 0.6 is 0 Å². The zero-order valence-electron chi connectivity index (χ0n) is 15.6. The third-order valence-corrected chi connectivity index (χ3v) is 6.21. The van der Waals surface area contributed by atoms with E-state index in [2.05, 4.69) is 5.32 Å². The topological polar surface area (TPSA) is 109 Å². The van der Waals surface area contributed by atoms with Crippen LogP contribution in [0.4, 0.5) is 18.9 Å². The van der Waals surface area contributed by atoms with Crippen LogP contribution in [0.1, 0.15) is 29.8 Å². The van der Waals surface area contributed by atoms with Crippen molar-refractivity contribution in [1.29, 1.82) is 0 Å². The van der Waals surface area contributed by atoms with Crippen LogP contribution in [0.2, 0.25) is 0 Å². The molecule has 162 valence electrons. The fourth-order valence-electron chi connectivity index (χ4n) is 2.88. The van der Waals surface area contributed by atoms with Gasteiger partial charge in [-0.15, -0.1) is 0 Å². The second kappa shape index (κ2) is 8.88. The molecule has 8 nitrogen and oxygen atoms in total. The van der Waals surface area contributed by atoms with Crippen molar-refractivity contribution < 1.29 is 35.6 Å². The molecule has 2 amide bonds. The molecular weight excluding hydrogens is 427 g/mol. The number of piperidine rings is 1. The third-order valence-electron chi connectivity index (χ3n) is 4.43. The average Bonchev–Trinajstić information content (AvgIpc) is 3.24.